The third-order valence-electron chi connectivity index (χ3n) is 3.12. The lowest BCUT2D eigenvalue weighted by atomic mass is 10.1. The van der Waals surface area contributed by atoms with Crippen molar-refractivity contribution in [1.29, 1.82) is 0 Å². The summed E-state index contributed by atoms with van der Waals surface area (Å²) in [4.78, 5) is 19.2. The molecule has 0 aliphatic heterocycles. The number of nitrogens with one attached hydrogen (secondary N) is 1. The summed E-state index contributed by atoms with van der Waals surface area (Å²) in [6.07, 6.45) is 0. The average Bonchev–Trinajstić information content (AvgIpc) is 2.90. The van der Waals surface area contributed by atoms with E-state index in [0.29, 0.717) is 4.70 Å². The van der Waals surface area contributed by atoms with Gasteiger partial charge in [0.25, 0.3) is 5.56 Å². The Morgan fingerprint density at radius 1 is 1.25 bits per heavy atom. The molecule has 0 unspecified atom stereocenters. The molecule has 20 heavy (non-hydrogen) atoms. The number of aryl methyl sites for hydroxylation is 1. The number of aromatic amines is 1. The number of rotatable bonds is 4. The fraction of sp³-hybridized carbons (Fsp3) is 0.200. The van der Waals surface area contributed by atoms with Crippen molar-refractivity contribution >= 4 is 33.3 Å². The molecule has 0 bridgehead atoms. The normalized spacial score (nSPS) is 11.1. The van der Waals surface area contributed by atoms with E-state index in [9.17, 15) is 4.79 Å². The van der Waals surface area contributed by atoms with E-state index in [-0.39, 0.29) is 5.56 Å². The molecule has 5 heteroatoms. The summed E-state index contributed by atoms with van der Waals surface area (Å²) in [5, 5.41) is 1.90. The van der Waals surface area contributed by atoms with E-state index in [4.69, 9.17) is 0 Å². The van der Waals surface area contributed by atoms with Crippen molar-refractivity contribution in [1.82, 2.24) is 9.97 Å². The van der Waals surface area contributed by atoms with E-state index < -0.39 is 0 Å². The van der Waals surface area contributed by atoms with Crippen LogP contribution in [-0.2, 0) is 11.5 Å². The van der Waals surface area contributed by atoms with Crippen LogP contribution in [0.1, 0.15) is 17.0 Å². The predicted molar refractivity (Wildman–Crippen MR) is 86.4 cm³/mol. The van der Waals surface area contributed by atoms with Gasteiger partial charge in [-0.15, -0.1) is 23.1 Å². The molecule has 0 aliphatic rings. The largest absolute Gasteiger partial charge is 0.309 e. The summed E-state index contributed by atoms with van der Waals surface area (Å²) in [5.41, 5.74) is 3.40. The molecular formula is C15H14N2OS2. The molecule has 0 aliphatic carbocycles. The van der Waals surface area contributed by atoms with Crippen LogP contribution in [0.4, 0.5) is 0 Å². The minimum atomic E-state index is -0.0310. The molecule has 0 saturated heterocycles. The monoisotopic (exact) mass is 302 g/mol. The van der Waals surface area contributed by atoms with Gasteiger partial charge in [-0.25, -0.2) is 4.98 Å². The molecule has 2 heterocycles. The number of H-pyrrole nitrogens is 1. The van der Waals surface area contributed by atoms with E-state index in [2.05, 4.69) is 35.1 Å². The first kappa shape index (κ1) is 13.4. The summed E-state index contributed by atoms with van der Waals surface area (Å²) in [6.45, 7) is 2.12. The number of thioether (sulfide) groups is 1. The van der Waals surface area contributed by atoms with Gasteiger partial charge in [0.05, 0.1) is 11.3 Å². The zero-order valence-corrected chi connectivity index (χ0v) is 12.7. The first-order chi connectivity index (χ1) is 9.74. The lowest BCUT2D eigenvalue weighted by Gasteiger charge is -2.05. The Morgan fingerprint density at radius 3 is 2.95 bits per heavy atom. The number of fused-ring (bicyclic) bond motifs is 1. The molecule has 0 saturated carbocycles. The Morgan fingerprint density at radius 2 is 2.10 bits per heavy atom. The maximum Gasteiger partial charge on any atom is 0.268 e. The molecule has 0 spiro atoms. The second kappa shape index (κ2) is 5.81. The molecule has 0 fully saturated rings. The summed E-state index contributed by atoms with van der Waals surface area (Å²) >= 11 is 3.20. The number of hydrogen-bond donors (Lipinski definition) is 1. The molecular weight excluding hydrogens is 288 g/mol. The van der Waals surface area contributed by atoms with Gasteiger partial charge in [0, 0.05) is 5.75 Å². The van der Waals surface area contributed by atoms with E-state index in [1.165, 1.54) is 22.5 Å². The SMILES string of the molecule is Cc1ccccc1CSCc1nc2ccsc2c(=O)[nH]1. The van der Waals surface area contributed by atoms with Crippen molar-refractivity contribution < 1.29 is 0 Å². The molecule has 1 N–H and O–H groups in total. The van der Waals surface area contributed by atoms with Crippen LogP contribution in [0.2, 0.25) is 0 Å². The molecule has 0 radical (unpaired) electrons. The number of hydrogen-bond acceptors (Lipinski definition) is 4. The van der Waals surface area contributed by atoms with Crippen LogP contribution in [0.15, 0.2) is 40.5 Å². The Balaban J connectivity index is 1.71. The Labute approximate surface area is 125 Å². The Kier molecular flexibility index (Phi) is 3.89. The third-order valence-corrected chi connectivity index (χ3v) is 5.02. The predicted octanol–water partition coefficient (Wildman–Crippen LogP) is 3.73. The van der Waals surface area contributed by atoms with Gasteiger partial charge in [-0.05, 0) is 29.5 Å². The van der Waals surface area contributed by atoms with Crippen LogP contribution in [0.5, 0.6) is 0 Å². The van der Waals surface area contributed by atoms with Crippen molar-refractivity contribution in [3.05, 3.63) is 63.0 Å². The van der Waals surface area contributed by atoms with Crippen molar-refractivity contribution in [2.75, 3.05) is 0 Å². The highest BCUT2D eigenvalue weighted by Gasteiger charge is 2.05. The second-order valence-corrected chi connectivity index (χ2v) is 6.47. The lowest BCUT2D eigenvalue weighted by molar-refractivity contribution is 1.04. The molecule has 0 atom stereocenters. The summed E-state index contributed by atoms with van der Waals surface area (Å²) in [5.74, 6) is 2.40. The summed E-state index contributed by atoms with van der Waals surface area (Å²) < 4.78 is 0.706. The number of thiophene rings is 1. The first-order valence-electron chi connectivity index (χ1n) is 6.32. The van der Waals surface area contributed by atoms with Crippen molar-refractivity contribution in [3.63, 3.8) is 0 Å². The quantitative estimate of drug-likeness (QED) is 0.799. The number of nitrogens with zero attached hydrogens (tertiary/aromatic N) is 1. The summed E-state index contributed by atoms with van der Waals surface area (Å²) in [7, 11) is 0. The van der Waals surface area contributed by atoms with Gasteiger partial charge in [0.15, 0.2) is 0 Å². The van der Waals surface area contributed by atoms with E-state index in [1.54, 1.807) is 11.8 Å². The third kappa shape index (κ3) is 2.78. The van der Waals surface area contributed by atoms with Crippen molar-refractivity contribution in [3.8, 4) is 0 Å². The molecule has 0 amide bonds. The maximum atomic E-state index is 11.9. The molecule has 1 aromatic carbocycles. The standard InChI is InChI=1S/C15H14N2OS2/c1-10-4-2-3-5-11(10)8-19-9-13-16-12-6-7-20-14(12)15(18)17-13/h2-7H,8-9H2,1H3,(H,16,17,18). The molecule has 3 rings (SSSR count). The Bertz CT molecular complexity index is 792. The van der Waals surface area contributed by atoms with Gasteiger partial charge in [-0.1, -0.05) is 24.3 Å². The van der Waals surface area contributed by atoms with E-state index in [1.807, 2.05) is 17.5 Å². The summed E-state index contributed by atoms with van der Waals surface area (Å²) in [6, 6.07) is 10.3. The van der Waals surface area contributed by atoms with Gasteiger partial charge in [-0.2, -0.15) is 0 Å². The second-order valence-electron chi connectivity index (χ2n) is 4.57. The van der Waals surface area contributed by atoms with Crippen LogP contribution in [-0.4, -0.2) is 9.97 Å². The molecule has 3 nitrogen and oxygen atoms in total. The zero-order valence-electron chi connectivity index (χ0n) is 11.1. The van der Waals surface area contributed by atoms with Crippen LogP contribution < -0.4 is 5.56 Å². The van der Waals surface area contributed by atoms with Gasteiger partial charge in [-0.3, -0.25) is 4.79 Å². The van der Waals surface area contributed by atoms with Crippen LogP contribution in [0, 0.1) is 6.92 Å². The maximum absolute atomic E-state index is 11.9. The number of benzene rings is 1. The van der Waals surface area contributed by atoms with Crippen molar-refractivity contribution in [2.24, 2.45) is 0 Å². The minimum Gasteiger partial charge on any atom is -0.309 e. The topological polar surface area (TPSA) is 45.8 Å². The highest BCUT2D eigenvalue weighted by Crippen LogP contribution is 2.20. The zero-order chi connectivity index (χ0) is 13.9. The van der Waals surface area contributed by atoms with Gasteiger partial charge < -0.3 is 4.98 Å². The number of aromatic nitrogens is 2. The van der Waals surface area contributed by atoms with Crippen molar-refractivity contribution in [2.45, 2.75) is 18.4 Å². The highest BCUT2D eigenvalue weighted by atomic mass is 32.2. The fourth-order valence-electron chi connectivity index (χ4n) is 2.02. The van der Waals surface area contributed by atoms with Crippen LogP contribution in [0.25, 0.3) is 10.2 Å². The fourth-order valence-corrected chi connectivity index (χ4v) is 3.72. The average molecular weight is 302 g/mol. The molecule has 3 aromatic rings. The lowest BCUT2D eigenvalue weighted by Crippen LogP contribution is -2.09. The smallest absolute Gasteiger partial charge is 0.268 e. The first-order valence-corrected chi connectivity index (χ1v) is 8.36. The van der Waals surface area contributed by atoms with Gasteiger partial charge in [0.2, 0.25) is 0 Å². The van der Waals surface area contributed by atoms with Crippen LogP contribution >= 0.6 is 23.1 Å². The van der Waals surface area contributed by atoms with Gasteiger partial charge in [0.1, 0.15) is 10.5 Å². The molecule has 2 aromatic heterocycles. The highest BCUT2D eigenvalue weighted by molar-refractivity contribution is 7.97. The molecule has 102 valence electrons. The minimum absolute atomic E-state index is 0.0310. The Hall–Kier alpha value is -1.59. The van der Waals surface area contributed by atoms with Gasteiger partial charge >= 0.3 is 0 Å². The van der Waals surface area contributed by atoms with E-state index in [0.717, 1.165) is 22.8 Å². The van der Waals surface area contributed by atoms with Crippen LogP contribution in [0.3, 0.4) is 0 Å². The van der Waals surface area contributed by atoms with E-state index >= 15 is 0 Å².